The van der Waals surface area contributed by atoms with Gasteiger partial charge in [0.25, 0.3) is 0 Å². The fraction of sp³-hybridized carbons (Fsp3) is 0.211. The minimum Gasteiger partial charge on any atom is -0.497 e. The van der Waals surface area contributed by atoms with Gasteiger partial charge in [0.1, 0.15) is 16.8 Å². The third-order valence-corrected chi connectivity index (χ3v) is 6.39. The van der Waals surface area contributed by atoms with Crippen LogP contribution in [0, 0.1) is 0 Å². The number of carbonyl (C=O) groups is 1. The highest BCUT2D eigenvalue weighted by Crippen LogP contribution is 2.29. The first-order chi connectivity index (χ1) is 13.8. The van der Waals surface area contributed by atoms with E-state index in [1.165, 1.54) is 18.4 Å². The van der Waals surface area contributed by atoms with Crippen LogP contribution in [-0.4, -0.2) is 49.2 Å². The summed E-state index contributed by atoms with van der Waals surface area (Å²) in [4.78, 5) is 12.9. The molecule has 0 aliphatic rings. The van der Waals surface area contributed by atoms with E-state index in [0.29, 0.717) is 10.6 Å². The molecule has 1 atom stereocenters. The number of hydrogen-bond donors (Lipinski definition) is 1. The van der Waals surface area contributed by atoms with Gasteiger partial charge in [-0.1, -0.05) is 41.7 Å². The molecule has 0 radical (unpaired) electrons. The van der Waals surface area contributed by atoms with Crippen molar-refractivity contribution in [3.63, 3.8) is 0 Å². The Kier molecular flexibility index (Phi) is 6.26. The van der Waals surface area contributed by atoms with Crippen LogP contribution >= 0.6 is 11.3 Å². The molecule has 3 aromatic rings. The number of aromatic nitrogens is 2. The SMILES string of the molecule is COc1ccc(-c2nnc(NC(=O)C(c3ccccc3)N(C)S(C)(=O)=O)s2)cc1. The van der Waals surface area contributed by atoms with Gasteiger partial charge in [0.2, 0.25) is 21.1 Å². The summed E-state index contributed by atoms with van der Waals surface area (Å²) in [6, 6.07) is 15.0. The number of likely N-dealkylation sites (N-methyl/N-ethyl adjacent to an activating group) is 1. The average molecular weight is 433 g/mol. The summed E-state index contributed by atoms with van der Waals surface area (Å²) < 4.78 is 30.3. The number of hydrogen-bond acceptors (Lipinski definition) is 7. The number of nitrogens with one attached hydrogen (secondary N) is 1. The number of sulfonamides is 1. The Morgan fingerprint density at radius 1 is 1.10 bits per heavy atom. The van der Waals surface area contributed by atoms with E-state index in [9.17, 15) is 13.2 Å². The highest BCUT2D eigenvalue weighted by atomic mass is 32.2. The van der Waals surface area contributed by atoms with Crippen LogP contribution in [0.1, 0.15) is 11.6 Å². The zero-order chi connectivity index (χ0) is 21.0. The first-order valence-electron chi connectivity index (χ1n) is 8.56. The Hall–Kier alpha value is -2.82. The van der Waals surface area contributed by atoms with Gasteiger partial charge in [-0.2, -0.15) is 4.31 Å². The summed E-state index contributed by atoms with van der Waals surface area (Å²) >= 11 is 1.20. The smallest absolute Gasteiger partial charge is 0.249 e. The van der Waals surface area contributed by atoms with E-state index in [1.807, 2.05) is 24.3 Å². The predicted molar refractivity (Wildman–Crippen MR) is 112 cm³/mol. The van der Waals surface area contributed by atoms with E-state index in [4.69, 9.17) is 4.74 Å². The van der Waals surface area contributed by atoms with Crippen LogP contribution in [0.4, 0.5) is 5.13 Å². The summed E-state index contributed by atoms with van der Waals surface area (Å²) in [7, 11) is -0.646. The van der Waals surface area contributed by atoms with E-state index >= 15 is 0 Å². The van der Waals surface area contributed by atoms with Crippen LogP contribution < -0.4 is 10.1 Å². The average Bonchev–Trinajstić information content (AvgIpc) is 3.16. The Balaban J connectivity index is 1.84. The molecule has 1 unspecified atom stereocenters. The summed E-state index contributed by atoms with van der Waals surface area (Å²) in [6.45, 7) is 0. The van der Waals surface area contributed by atoms with Gasteiger partial charge in [-0.05, 0) is 29.8 Å². The molecule has 0 aliphatic heterocycles. The number of amides is 1. The number of anilines is 1. The lowest BCUT2D eigenvalue weighted by atomic mass is 10.1. The van der Waals surface area contributed by atoms with Crippen molar-refractivity contribution >= 4 is 32.4 Å². The number of benzene rings is 2. The number of nitrogens with zero attached hydrogens (tertiary/aromatic N) is 3. The lowest BCUT2D eigenvalue weighted by Crippen LogP contribution is -2.38. The summed E-state index contributed by atoms with van der Waals surface area (Å²) in [6.07, 6.45) is 1.06. The second-order valence-corrected chi connectivity index (χ2v) is 9.24. The lowest BCUT2D eigenvalue weighted by Gasteiger charge is -2.25. The molecule has 0 fully saturated rings. The largest absolute Gasteiger partial charge is 0.497 e. The molecular formula is C19H20N4O4S2. The zero-order valence-corrected chi connectivity index (χ0v) is 17.7. The molecule has 0 aliphatic carbocycles. The van der Waals surface area contributed by atoms with Crippen molar-refractivity contribution in [2.75, 3.05) is 25.7 Å². The minimum absolute atomic E-state index is 0.281. The zero-order valence-electron chi connectivity index (χ0n) is 16.1. The normalized spacial score (nSPS) is 12.6. The number of rotatable bonds is 7. The van der Waals surface area contributed by atoms with Gasteiger partial charge in [0.15, 0.2) is 0 Å². The van der Waals surface area contributed by atoms with Crippen LogP contribution in [0.3, 0.4) is 0 Å². The number of ether oxygens (including phenoxy) is 1. The lowest BCUT2D eigenvalue weighted by molar-refractivity contribution is -0.119. The molecule has 1 aromatic heterocycles. The first-order valence-corrected chi connectivity index (χ1v) is 11.2. The fourth-order valence-corrected chi connectivity index (χ4v) is 4.00. The van der Waals surface area contributed by atoms with Gasteiger partial charge in [0, 0.05) is 12.6 Å². The molecule has 2 aromatic carbocycles. The third-order valence-electron chi connectivity index (χ3n) is 4.24. The molecule has 0 saturated heterocycles. The maximum atomic E-state index is 12.9. The molecule has 0 bridgehead atoms. The topological polar surface area (TPSA) is 101 Å². The second-order valence-electron chi connectivity index (χ2n) is 6.22. The molecule has 152 valence electrons. The van der Waals surface area contributed by atoms with Gasteiger partial charge >= 0.3 is 0 Å². The van der Waals surface area contributed by atoms with E-state index in [2.05, 4.69) is 15.5 Å². The van der Waals surface area contributed by atoms with Crippen LogP contribution in [0.5, 0.6) is 5.75 Å². The van der Waals surface area contributed by atoms with E-state index in [-0.39, 0.29) is 5.13 Å². The highest BCUT2D eigenvalue weighted by molar-refractivity contribution is 7.88. The summed E-state index contributed by atoms with van der Waals surface area (Å²) in [5, 5.41) is 11.7. The molecule has 8 nitrogen and oxygen atoms in total. The van der Waals surface area contributed by atoms with Gasteiger partial charge in [0.05, 0.1) is 13.4 Å². The Morgan fingerprint density at radius 3 is 2.34 bits per heavy atom. The van der Waals surface area contributed by atoms with E-state index in [0.717, 1.165) is 21.9 Å². The van der Waals surface area contributed by atoms with Crippen molar-refractivity contribution < 1.29 is 17.9 Å². The molecule has 0 saturated carbocycles. The molecule has 1 amide bonds. The number of carbonyl (C=O) groups excluding carboxylic acids is 1. The summed E-state index contributed by atoms with van der Waals surface area (Å²) in [5.41, 5.74) is 1.38. The maximum Gasteiger partial charge on any atom is 0.249 e. The Labute approximate surface area is 173 Å². The number of methoxy groups -OCH3 is 1. The molecule has 0 spiro atoms. The fourth-order valence-electron chi connectivity index (χ4n) is 2.65. The van der Waals surface area contributed by atoms with Crippen molar-refractivity contribution in [1.29, 1.82) is 0 Å². The Morgan fingerprint density at radius 2 is 1.76 bits per heavy atom. The minimum atomic E-state index is -3.60. The van der Waals surface area contributed by atoms with Gasteiger partial charge < -0.3 is 4.74 Å². The van der Waals surface area contributed by atoms with Crippen molar-refractivity contribution in [1.82, 2.24) is 14.5 Å². The summed E-state index contributed by atoms with van der Waals surface area (Å²) in [5.74, 6) is 0.211. The van der Waals surface area contributed by atoms with Gasteiger partial charge in [-0.3, -0.25) is 10.1 Å². The third kappa shape index (κ3) is 4.97. The molecule has 1 N–H and O–H groups in total. The van der Waals surface area contributed by atoms with Crippen LogP contribution in [0.25, 0.3) is 10.6 Å². The maximum absolute atomic E-state index is 12.9. The van der Waals surface area contributed by atoms with Crippen molar-refractivity contribution in [2.45, 2.75) is 6.04 Å². The Bertz CT molecular complexity index is 1080. The van der Waals surface area contributed by atoms with Crippen LogP contribution in [0.15, 0.2) is 54.6 Å². The monoisotopic (exact) mass is 432 g/mol. The standard InChI is InChI=1S/C19H20N4O4S2/c1-23(29(3,25)26)16(13-7-5-4-6-8-13)17(24)20-19-22-21-18(28-19)14-9-11-15(27-2)12-10-14/h4-12,16H,1-3H3,(H,20,22,24). The van der Waals surface area contributed by atoms with E-state index < -0.39 is 22.0 Å². The predicted octanol–water partition coefficient (Wildman–Crippen LogP) is 2.78. The van der Waals surface area contributed by atoms with Crippen LogP contribution in [-0.2, 0) is 14.8 Å². The molecule has 10 heteroatoms. The second kappa shape index (κ2) is 8.68. The van der Waals surface area contributed by atoms with Crippen molar-refractivity contribution in [3.05, 3.63) is 60.2 Å². The van der Waals surface area contributed by atoms with Gasteiger partial charge in [-0.25, -0.2) is 8.42 Å². The van der Waals surface area contributed by atoms with Crippen molar-refractivity contribution in [3.8, 4) is 16.3 Å². The quantitative estimate of drug-likeness (QED) is 0.616. The molecular weight excluding hydrogens is 412 g/mol. The van der Waals surface area contributed by atoms with Crippen molar-refractivity contribution in [2.24, 2.45) is 0 Å². The molecule has 1 heterocycles. The molecule has 3 rings (SSSR count). The molecule has 29 heavy (non-hydrogen) atoms. The van der Waals surface area contributed by atoms with Crippen LogP contribution in [0.2, 0.25) is 0 Å². The first kappa shape index (κ1) is 20.9. The van der Waals surface area contributed by atoms with E-state index in [1.54, 1.807) is 37.4 Å². The highest BCUT2D eigenvalue weighted by Gasteiger charge is 2.31. The van der Waals surface area contributed by atoms with Gasteiger partial charge in [-0.15, -0.1) is 10.2 Å².